The van der Waals surface area contributed by atoms with Gasteiger partial charge in [-0.15, -0.1) is 10.2 Å². The summed E-state index contributed by atoms with van der Waals surface area (Å²) in [5, 5.41) is 23.0. The first-order chi connectivity index (χ1) is 21.5. The minimum atomic E-state index is -0.463. The number of benzene rings is 1. The molecule has 4 heterocycles. The third-order valence-electron chi connectivity index (χ3n) is 9.36. The van der Waals surface area contributed by atoms with Crippen LogP contribution >= 0.6 is 0 Å². The molecule has 6 rings (SSSR count). The van der Waals surface area contributed by atoms with Crippen molar-refractivity contribution < 1.29 is 19.4 Å². The molecule has 1 spiro atoms. The van der Waals surface area contributed by atoms with Crippen LogP contribution in [0.15, 0.2) is 42.7 Å². The first-order valence-corrected chi connectivity index (χ1v) is 15.8. The highest BCUT2D eigenvalue weighted by atomic mass is 16.6. The van der Waals surface area contributed by atoms with Crippen LogP contribution in [0.4, 0.5) is 10.6 Å². The van der Waals surface area contributed by atoms with E-state index >= 15 is 0 Å². The fourth-order valence-corrected chi connectivity index (χ4v) is 6.67. The van der Waals surface area contributed by atoms with Gasteiger partial charge in [0.25, 0.3) is 0 Å². The quantitative estimate of drug-likeness (QED) is 0.409. The molecule has 45 heavy (non-hydrogen) atoms. The van der Waals surface area contributed by atoms with Gasteiger partial charge in [0.15, 0.2) is 5.82 Å². The molecule has 2 atom stereocenters. The lowest BCUT2D eigenvalue weighted by atomic mass is 9.60. The number of para-hydroxylation sites is 1. The Hall–Kier alpha value is -4.14. The normalized spacial score (nSPS) is 21.1. The van der Waals surface area contributed by atoms with Gasteiger partial charge in [0.05, 0.1) is 41.8 Å². The van der Waals surface area contributed by atoms with Crippen LogP contribution in [-0.4, -0.2) is 91.5 Å². The second kappa shape index (κ2) is 12.3. The number of anilines is 1. The Morgan fingerprint density at radius 3 is 2.64 bits per heavy atom. The van der Waals surface area contributed by atoms with Gasteiger partial charge in [0.2, 0.25) is 0 Å². The molecule has 3 N–H and O–H groups in total. The Morgan fingerprint density at radius 1 is 1.16 bits per heavy atom. The topological polar surface area (TPSA) is 132 Å². The first kappa shape index (κ1) is 30.9. The van der Waals surface area contributed by atoms with Crippen LogP contribution in [0.5, 0.6) is 5.75 Å². The van der Waals surface area contributed by atoms with Crippen LogP contribution in [0, 0.1) is 17.3 Å². The van der Waals surface area contributed by atoms with Crippen LogP contribution < -0.4 is 5.73 Å². The average Bonchev–Trinajstić information content (AvgIpc) is 3.48. The van der Waals surface area contributed by atoms with E-state index in [2.05, 4.69) is 39.0 Å². The summed E-state index contributed by atoms with van der Waals surface area (Å²) in [6.45, 7) is 11.9. The molecule has 3 aliphatic rings. The predicted octanol–water partition coefficient (Wildman–Crippen LogP) is 4.47. The van der Waals surface area contributed by atoms with Gasteiger partial charge >= 0.3 is 6.09 Å². The fourth-order valence-electron chi connectivity index (χ4n) is 6.67. The number of hydrogen-bond donors (Lipinski definition) is 2. The number of nitrogens with zero attached hydrogens (tertiary/aromatic N) is 6. The Morgan fingerprint density at radius 2 is 1.91 bits per heavy atom. The van der Waals surface area contributed by atoms with Crippen LogP contribution in [0.2, 0.25) is 0 Å². The molecule has 1 aromatic carbocycles. The van der Waals surface area contributed by atoms with Gasteiger partial charge in [0, 0.05) is 44.0 Å². The summed E-state index contributed by atoms with van der Waals surface area (Å²) >= 11 is 0. The van der Waals surface area contributed by atoms with Crippen LogP contribution in [0.3, 0.4) is 0 Å². The monoisotopic (exact) mass is 613 g/mol. The van der Waals surface area contributed by atoms with Crippen LogP contribution in [-0.2, 0) is 9.47 Å². The molecule has 11 nitrogen and oxygen atoms in total. The minimum Gasteiger partial charge on any atom is -0.507 e. The van der Waals surface area contributed by atoms with Crippen LogP contribution in [0.1, 0.15) is 70.5 Å². The van der Waals surface area contributed by atoms with Crippen molar-refractivity contribution in [2.75, 3.05) is 38.5 Å². The van der Waals surface area contributed by atoms with Gasteiger partial charge < -0.3 is 25.2 Å². The zero-order valence-corrected chi connectivity index (χ0v) is 26.6. The van der Waals surface area contributed by atoms with Gasteiger partial charge in [-0.3, -0.25) is 9.58 Å². The van der Waals surface area contributed by atoms with Gasteiger partial charge in [0.1, 0.15) is 11.4 Å². The largest absolute Gasteiger partial charge is 0.507 e. The lowest BCUT2D eigenvalue weighted by Gasteiger charge is -2.56. The summed E-state index contributed by atoms with van der Waals surface area (Å²) in [5.74, 6) is 6.58. The molecule has 1 saturated carbocycles. The summed E-state index contributed by atoms with van der Waals surface area (Å²) in [5.41, 5.74) is 8.29. The van der Waals surface area contributed by atoms with Crippen molar-refractivity contribution in [1.29, 1.82) is 0 Å². The second-order valence-corrected chi connectivity index (χ2v) is 13.7. The van der Waals surface area contributed by atoms with E-state index in [1.54, 1.807) is 30.5 Å². The maximum atomic E-state index is 12.5. The lowest BCUT2D eigenvalue weighted by Crippen LogP contribution is -2.59. The van der Waals surface area contributed by atoms with Gasteiger partial charge in [-0.2, -0.15) is 5.10 Å². The molecule has 1 amide bonds. The van der Waals surface area contributed by atoms with Crippen LogP contribution in [0.25, 0.3) is 11.3 Å². The Labute approximate surface area is 264 Å². The molecule has 3 aromatic rings. The molecule has 0 radical (unpaired) electrons. The summed E-state index contributed by atoms with van der Waals surface area (Å²) in [6, 6.07) is 9.27. The number of piperidine rings is 1. The maximum absolute atomic E-state index is 12.5. The minimum absolute atomic E-state index is 0.0196. The van der Waals surface area contributed by atoms with E-state index in [4.69, 9.17) is 15.2 Å². The number of carbonyl (C=O) groups is 1. The molecule has 2 aliphatic heterocycles. The van der Waals surface area contributed by atoms with Crippen molar-refractivity contribution in [1.82, 2.24) is 29.8 Å². The summed E-state index contributed by atoms with van der Waals surface area (Å²) in [7, 11) is 0. The fraction of sp³-hybridized carbons (Fsp3) is 0.529. The summed E-state index contributed by atoms with van der Waals surface area (Å²) in [4.78, 5) is 17.0. The predicted molar refractivity (Wildman–Crippen MR) is 170 cm³/mol. The van der Waals surface area contributed by atoms with Crippen molar-refractivity contribution in [2.24, 2.45) is 5.41 Å². The SMILES string of the molecule is C[C@H]([C@@H]1CN(C2CC3(CCN(C(=O)OC(C)(C)C)CC3)C2)CCO1)n1cc(C#Cc2cc(-c3ccccc3O)nnc2N)cn1. The Balaban J connectivity index is 1.03. The molecule has 2 aromatic heterocycles. The second-order valence-electron chi connectivity index (χ2n) is 13.7. The van der Waals surface area contributed by atoms with Crippen molar-refractivity contribution in [3.63, 3.8) is 0 Å². The highest BCUT2D eigenvalue weighted by molar-refractivity contribution is 5.69. The molecule has 1 aliphatic carbocycles. The number of rotatable bonds is 4. The zero-order valence-electron chi connectivity index (χ0n) is 26.6. The van der Waals surface area contributed by atoms with E-state index in [-0.39, 0.29) is 29.8 Å². The van der Waals surface area contributed by atoms with E-state index < -0.39 is 5.60 Å². The molecular weight excluding hydrogens is 570 g/mol. The van der Waals surface area contributed by atoms with Crippen molar-refractivity contribution in [3.8, 4) is 28.8 Å². The Kier molecular flexibility index (Phi) is 8.46. The number of carbonyl (C=O) groups excluding carboxylic acids is 1. The van der Waals surface area contributed by atoms with E-state index in [1.807, 2.05) is 42.6 Å². The smallest absolute Gasteiger partial charge is 0.410 e. The van der Waals surface area contributed by atoms with E-state index in [0.29, 0.717) is 34.9 Å². The van der Waals surface area contributed by atoms with Crippen molar-refractivity contribution in [3.05, 3.63) is 53.9 Å². The first-order valence-electron chi connectivity index (χ1n) is 15.8. The number of nitrogen functional groups attached to an aromatic ring is 1. The van der Waals surface area contributed by atoms with Gasteiger partial charge in [-0.05, 0) is 77.0 Å². The highest BCUT2D eigenvalue weighted by Gasteiger charge is 2.49. The molecular formula is C34H43N7O4. The summed E-state index contributed by atoms with van der Waals surface area (Å²) < 4.78 is 13.7. The average molecular weight is 614 g/mol. The third kappa shape index (κ3) is 6.92. The van der Waals surface area contributed by atoms with E-state index in [9.17, 15) is 9.90 Å². The number of likely N-dealkylation sites (tertiary alicyclic amines) is 1. The number of phenols is 1. The number of amides is 1. The third-order valence-corrected chi connectivity index (χ3v) is 9.36. The summed E-state index contributed by atoms with van der Waals surface area (Å²) in [6.07, 6.45) is 7.95. The van der Waals surface area contributed by atoms with E-state index in [0.717, 1.165) is 44.6 Å². The molecule has 3 fully saturated rings. The Bertz CT molecular complexity index is 1590. The highest BCUT2D eigenvalue weighted by Crippen LogP contribution is 2.51. The number of phenolic OH excluding ortho intramolecular Hbond substituents is 1. The maximum Gasteiger partial charge on any atom is 0.410 e. The molecule has 2 saturated heterocycles. The number of ether oxygens (including phenoxy) is 2. The number of morpholine rings is 1. The van der Waals surface area contributed by atoms with Crippen molar-refractivity contribution in [2.45, 2.75) is 77.2 Å². The zero-order chi connectivity index (χ0) is 31.8. The molecule has 238 valence electrons. The van der Waals surface area contributed by atoms with Gasteiger partial charge in [-0.1, -0.05) is 24.0 Å². The standard InChI is InChI=1S/C34H43N7O4/c1-23(41-21-24(20-36-41)9-10-25-17-28(37-38-31(25)35)27-7-5-6-8-29(27)42)30-22-40(15-16-44-30)26-18-34(19-26)11-13-39(14-12-34)32(43)45-33(2,3)4/h5-8,17,20-21,23,26,30,42H,11-16,18-19,22H2,1-4H3,(H2,35,38)/t23-,30+/m1/s1. The molecule has 0 unspecified atom stereocenters. The number of hydrogen-bond acceptors (Lipinski definition) is 9. The van der Waals surface area contributed by atoms with Crippen molar-refractivity contribution >= 4 is 11.9 Å². The number of aromatic nitrogens is 4. The number of aromatic hydroxyl groups is 1. The number of nitrogens with two attached hydrogens (primary N) is 1. The lowest BCUT2D eigenvalue weighted by molar-refractivity contribution is -0.108. The molecule has 0 bridgehead atoms. The molecule has 11 heteroatoms. The van der Waals surface area contributed by atoms with E-state index in [1.165, 1.54) is 12.8 Å². The van der Waals surface area contributed by atoms with Gasteiger partial charge in [-0.25, -0.2) is 4.79 Å².